The molecular formula is C28H25FN6S. The highest BCUT2D eigenvalue weighted by atomic mass is 32.1. The van der Waals surface area contributed by atoms with Gasteiger partial charge in [-0.15, -0.1) is 0 Å². The van der Waals surface area contributed by atoms with E-state index >= 15 is 4.39 Å². The first-order chi connectivity index (χ1) is 17.5. The predicted molar refractivity (Wildman–Crippen MR) is 147 cm³/mol. The van der Waals surface area contributed by atoms with Crippen LogP contribution in [0.5, 0.6) is 0 Å². The van der Waals surface area contributed by atoms with E-state index in [2.05, 4.69) is 50.1 Å². The summed E-state index contributed by atoms with van der Waals surface area (Å²) in [5, 5.41) is 14.9. The molecular weight excluding hydrogens is 471 g/mol. The Morgan fingerprint density at radius 1 is 1.25 bits per heavy atom. The Morgan fingerprint density at radius 3 is 2.83 bits per heavy atom. The summed E-state index contributed by atoms with van der Waals surface area (Å²) < 4.78 is 16.0. The SMILES string of the molecule is C=C/C(=C\C(=C/C)c1ncc2[nH]nc(-c3nc4c(-c5ccsc5)cccc4[nH]3)c2c1F)NC(=C)CC. The third kappa shape index (κ3) is 4.16. The van der Waals surface area contributed by atoms with E-state index in [0.717, 1.165) is 34.3 Å². The molecule has 6 nitrogen and oxygen atoms in total. The van der Waals surface area contributed by atoms with Crippen LogP contribution in [0.15, 0.2) is 84.0 Å². The largest absolute Gasteiger partial charge is 0.359 e. The molecule has 8 heteroatoms. The number of aromatic nitrogens is 5. The Hall–Kier alpha value is -4.30. The Balaban J connectivity index is 1.62. The van der Waals surface area contributed by atoms with Gasteiger partial charge in [-0.3, -0.25) is 10.1 Å². The van der Waals surface area contributed by atoms with Crippen LogP contribution in [-0.4, -0.2) is 25.1 Å². The highest BCUT2D eigenvalue weighted by molar-refractivity contribution is 7.08. The number of aromatic amines is 2. The standard InChI is InChI=1S/C28H25FN6S/c1-5-16(4)31-19(7-3)13-17(6-2)25-24(29)23-22(14-30-25)34-35-27(23)28-32-21-10-8-9-20(26(21)33-28)18-11-12-36-15-18/h6-15,31H,3-5H2,1-2H3,(H,32,33)(H,34,35)/b17-6+,19-13+. The fraction of sp³-hybridized carbons (Fsp3) is 0.107. The number of hydrogen-bond donors (Lipinski definition) is 3. The second kappa shape index (κ2) is 9.75. The molecule has 0 aliphatic rings. The van der Waals surface area contributed by atoms with E-state index in [4.69, 9.17) is 4.98 Å². The first kappa shape index (κ1) is 23.4. The lowest BCUT2D eigenvalue weighted by atomic mass is 10.1. The number of nitrogens with zero attached hydrogens (tertiary/aromatic N) is 3. The van der Waals surface area contributed by atoms with Crippen molar-refractivity contribution in [3.8, 4) is 22.6 Å². The lowest BCUT2D eigenvalue weighted by Gasteiger charge is -2.10. The molecule has 3 N–H and O–H groups in total. The molecule has 180 valence electrons. The van der Waals surface area contributed by atoms with Gasteiger partial charge in [-0.2, -0.15) is 16.4 Å². The maximum atomic E-state index is 16.0. The molecule has 0 amide bonds. The van der Waals surface area contributed by atoms with E-state index in [-0.39, 0.29) is 5.69 Å². The summed E-state index contributed by atoms with van der Waals surface area (Å²) in [5.74, 6) is 0.0112. The highest BCUT2D eigenvalue weighted by Gasteiger charge is 2.21. The molecule has 0 spiro atoms. The Labute approximate surface area is 212 Å². The zero-order valence-electron chi connectivity index (χ0n) is 20.0. The fourth-order valence-corrected chi connectivity index (χ4v) is 4.69. The van der Waals surface area contributed by atoms with Crippen molar-refractivity contribution >= 4 is 38.8 Å². The van der Waals surface area contributed by atoms with Crippen molar-refractivity contribution in [3.05, 3.63) is 95.5 Å². The minimum atomic E-state index is -0.475. The van der Waals surface area contributed by atoms with E-state index in [1.807, 2.05) is 43.5 Å². The molecule has 0 aliphatic carbocycles. The molecule has 0 unspecified atom stereocenters. The van der Waals surface area contributed by atoms with Crippen LogP contribution >= 0.6 is 11.3 Å². The summed E-state index contributed by atoms with van der Waals surface area (Å²) >= 11 is 1.63. The number of halogens is 1. The Kier molecular flexibility index (Phi) is 6.35. The van der Waals surface area contributed by atoms with Gasteiger partial charge in [0.1, 0.15) is 11.4 Å². The van der Waals surface area contributed by atoms with Gasteiger partial charge in [0.25, 0.3) is 0 Å². The first-order valence-corrected chi connectivity index (χ1v) is 12.5. The molecule has 0 fully saturated rings. The average molecular weight is 497 g/mol. The first-order valence-electron chi connectivity index (χ1n) is 11.5. The fourth-order valence-electron chi connectivity index (χ4n) is 4.04. The summed E-state index contributed by atoms with van der Waals surface area (Å²) in [5.41, 5.74) is 7.04. The van der Waals surface area contributed by atoms with Crippen LogP contribution < -0.4 is 5.32 Å². The van der Waals surface area contributed by atoms with Crippen molar-refractivity contribution in [1.82, 2.24) is 30.5 Å². The minimum Gasteiger partial charge on any atom is -0.359 e. The van der Waals surface area contributed by atoms with Gasteiger partial charge in [-0.05, 0) is 54.0 Å². The lowest BCUT2D eigenvalue weighted by Crippen LogP contribution is -2.10. The van der Waals surface area contributed by atoms with E-state index in [1.54, 1.807) is 29.7 Å². The third-order valence-corrected chi connectivity index (χ3v) is 6.66. The van der Waals surface area contributed by atoms with Crippen molar-refractivity contribution in [2.75, 3.05) is 0 Å². The van der Waals surface area contributed by atoms with Gasteiger partial charge in [0, 0.05) is 22.5 Å². The minimum absolute atomic E-state index is 0.214. The molecule has 0 atom stereocenters. The molecule has 5 rings (SSSR count). The van der Waals surface area contributed by atoms with Crippen LogP contribution in [-0.2, 0) is 0 Å². The number of H-pyrrole nitrogens is 2. The normalized spacial score (nSPS) is 12.4. The van der Waals surface area contributed by atoms with Gasteiger partial charge in [-0.25, -0.2) is 9.37 Å². The molecule has 4 aromatic heterocycles. The van der Waals surface area contributed by atoms with Crippen LogP contribution in [0.3, 0.4) is 0 Å². The Morgan fingerprint density at radius 2 is 2.11 bits per heavy atom. The van der Waals surface area contributed by atoms with Crippen LogP contribution in [0, 0.1) is 5.82 Å². The zero-order valence-corrected chi connectivity index (χ0v) is 20.8. The van der Waals surface area contributed by atoms with E-state index in [0.29, 0.717) is 33.7 Å². The topological polar surface area (TPSA) is 82.3 Å². The van der Waals surface area contributed by atoms with Crippen molar-refractivity contribution in [2.45, 2.75) is 20.3 Å². The summed E-state index contributed by atoms with van der Waals surface area (Å²) in [6, 6.07) is 8.02. The number of nitrogens with one attached hydrogen (secondary N) is 3. The smallest absolute Gasteiger partial charge is 0.161 e. The molecule has 0 radical (unpaired) electrons. The number of pyridine rings is 1. The molecule has 0 aliphatic heterocycles. The second-order valence-corrected chi connectivity index (χ2v) is 8.99. The highest BCUT2D eigenvalue weighted by Crippen LogP contribution is 2.34. The van der Waals surface area contributed by atoms with Gasteiger partial charge in [-0.1, -0.05) is 38.3 Å². The number of fused-ring (bicyclic) bond motifs is 2. The van der Waals surface area contributed by atoms with Gasteiger partial charge in [0.15, 0.2) is 11.6 Å². The molecule has 0 saturated carbocycles. The summed E-state index contributed by atoms with van der Waals surface area (Å²) in [6.45, 7) is 11.7. The van der Waals surface area contributed by atoms with Gasteiger partial charge in [0.2, 0.25) is 0 Å². The summed E-state index contributed by atoms with van der Waals surface area (Å²) in [6.07, 6.45) is 7.64. The van der Waals surface area contributed by atoms with Gasteiger partial charge in [0.05, 0.1) is 28.1 Å². The number of allylic oxidation sites excluding steroid dienone is 5. The predicted octanol–water partition coefficient (Wildman–Crippen LogP) is 7.36. The maximum absolute atomic E-state index is 16.0. The molecule has 4 heterocycles. The number of rotatable bonds is 8. The van der Waals surface area contributed by atoms with E-state index < -0.39 is 5.82 Å². The molecule has 36 heavy (non-hydrogen) atoms. The quantitative estimate of drug-likeness (QED) is 0.196. The summed E-state index contributed by atoms with van der Waals surface area (Å²) in [4.78, 5) is 12.5. The number of imidazole rings is 1. The molecule has 5 aromatic rings. The van der Waals surface area contributed by atoms with Crippen LogP contribution in [0.1, 0.15) is 26.0 Å². The monoisotopic (exact) mass is 496 g/mol. The number of thiophene rings is 1. The molecule has 0 saturated heterocycles. The summed E-state index contributed by atoms with van der Waals surface area (Å²) in [7, 11) is 0. The molecule has 0 bridgehead atoms. The number of hydrogen-bond acceptors (Lipinski definition) is 5. The van der Waals surface area contributed by atoms with Crippen molar-refractivity contribution in [1.29, 1.82) is 0 Å². The van der Waals surface area contributed by atoms with Gasteiger partial charge >= 0.3 is 0 Å². The Bertz CT molecular complexity index is 1650. The van der Waals surface area contributed by atoms with Crippen molar-refractivity contribution in [3.63, 3.8) is 0 Å². The maximum Gasteiger partial charge on any atom is 0.161 e. The number of para-hydroxylation sites is 1. The van der Waals surface area contributed by atoms with Crippen molar-refractivity contribution in [2.24, 2.45) is 0 Å². The van der Waals surface area contributed by atoms with Crippen LogP contribution in [0.25, 0.3) is 50.2 Å². The zero-order chi connectivity index (χ0) is 25.2. The van der Waals surface area contributed by atoms with Crippen LogP contribution in [0.4, 0.5) is 4.39 Å². The second-order valence-electron chi connectivity index (χ2n) is 8.21. The van der Waals surface area contributed by atoms with E-state index in [9.17, 15) is 0 Å². The van der Waals surface area contributed by atoms with E-state index in [1.165, 1.54) is 0 Å². The van der Waals surface area contributed by atoms with Gasteiger partial charge < -0.3 is 10.3 Å². The number of benzene rings is 1. The van der Waals surface area contributed by atoms with Crippen molar-refractivity contribution < 1.29 is 4.39 Å². The lowest BCUT2D eigenvalue weighted by molar-refractivity contribution is 0.630. The van der Waals surface area contributed by atoms with Crippen LogP contribution in [0.2, 0.25) is 0 Å². The molecule has 1 aromatic carbocycles. The third-order valence-electron chi connectivity index (χ3n) is 5.98. The average Bonchev–Trinajstić information content (AvgIpc) is 3.66.